The molecule has 0 fully saturated rings. The molecule has 1 nitrogen and oxygen atoms in total. The molecule has 49 heavy (non-hydrogen) atoms. The number of benzene rings is 9. The predicted octanol–water partition coefficient (Wildman–Crippen LogP) is 13.7. The van der Waals surface area contributed by atoms with E-state index in [4.69, 9.17) is 4.42 Å². The highest BCUT2D eigenvalue weighted by Gasteiger charge is 2.17. The van der Waals surface area contributed by atoms with Crippen molar-refractivity contribution < 1.29 is 12.6 Å². The Hall–Kier alpha value is -6.44. The first-order valence-corrected chi connectivity index (χ1v) is 16.4. The van der Waals surface area contributed by atoms with E-state index in [1.807, 2.05) is 127 Å². The Labute approximate surface area is 292 Å². The van der Waals surface area contributed by atoms with Crippen molar-refractivity contribution in [1.82, 2.24) is 0 Å². The van der Waals surface area contributed by atoms with Crippen LogP contribution in [0, 0.1) is 0 Å². The van der Waals surface area contributed by atoms with Gasteiger partial charge in [0.1, 0.15) is 11.2 Å². The lowest BCUT2D eigenvalue weighted by molar-refractivity contribution is 0.670. The Balaban J connectivity index is 1.24. The van der Waals surface area contributed by atoms with Gasteiger partial charge in [0.05, 0.1) is 8.22 Å². The third kappa shape index (κ3) is 4.47. The highest BCUT2D eigenvalue weighted by Crippen LogP contribution is 2.44. The molecule has 0 aliphatic rings. The molecular weight excluding hydrogens is 593 g/mol. The van der Waals surface area contributed by atoms with Crippen LogP contribution in [0.4, 0.5) is 0 Å². The van der Waals surface area contributed by atoms with E-state index in [0.717, 1.165) is 54.6 Å². The summed E-state index contributed by atoms with van der Waals surface area (Å²) in [7, 11) is 0. The Morgan fingerprint density at radius 2 is 0.898 bits per heavy atom. The van der Waals surface area contributed by atoms with Gasteiger partial charge in [-0.25, -0.2) is 0 Å². The minimum atomic E-state index is -0.269. The smallest absolute Gasteiger partial charge is 0.143 e. The molecular formula is C48H30O. The van der Waals surface area contributed by atoms with E-state index in [0.29, 0.717) is 22.3 Å². The minimum Gasteiger partial charge on any atom is -0.455 e. The van der Waals surface area contributed by atoms with Gasteiger partial charge >= 0.3 is 0 Å². The van der Waals surface area contributed by atoms with E-state index in [9.17, 15) is 8.22 Å². The van der Waals surface area contributed by atoms with Gasteiger partial charge < -0.3 is 4.42 Å². The lowest BCUT2D eigenvalue weighted by Gasteiger charge is -2.18. The van der Waals surface area contributed by atoms with Crippen LogP contribution < -0.4 is 0 Å². The summed E-state index contributed by atoms with van der Waals surface area (Å²) < 4.78 is 63.4. The zero-order valence-electron chi connectivity index (χ0n) is 32.3. The van der Waals surface area contributed by atoms with Gasteiger partial charge in [-0.15, -0.1) is 0 Å². The third-order valence-corrected chi connectivity index (χ3v) is 9.49. The average Bonchev–Trinajstić information content (AvgIpc) is 3.60. The fourth-order valence-corrected chi connectivity index (χ4v) is 7.25. The summed E-state index contributed by atoms with van der Waals surface area (Å²) in [6, 6.07) is 46.3. The molecule has 0 saturated heterocycles. The summed E-state index contributed by atoms with van der Waals surface area (Å²) in [5.41, 5.74) is 6.65. The van der Waals surface area contributed by atoms with Gasteiger partial charge in [-0.05, 0) is 95.5 Å². The minimum absolute atomic E-state index is 0.00347. The van der Waals surface area contributed by atoms with E-state index in [1.165, 1.54) is 0 Å². The van der Waals surface area contributed by atoms with Gasteiger partial charge in [0, 0.05) is 16.3 Å². The van der Waals surface area contributed by atoms with Crippen molar-refractivity contribution in [2.45, 2.75) is 0 Å². The Morgan fingerprint density at radius 1 is 0.367 bits per heavy atom. The number of para-hydroxylation sites is 1. The van der Waals surface area contributed by atoms with Gasteiger partial charge in [0.25, 0.3) is 0 Å². The normalized spacial score (nSPS) is 13.4. The summed E-state index contributed by atoms with van der Waals surface area (Å²) in [6.07, 6.45) is 0. The molecule has 0 aliphatic heterocycles. The maximum atomic E-state index is 9.68. The first kappa shape index (κ1) is 22.2. The van der Waals surface area contributed by atoms with Crippen LogP contribution in [0.1, 0.15) is 8.22 Å². The first-order chi connectivity index (χ1) is 26.8. The fraction of sp³-hybridized carbons (Fsp3) is 0. The first-order valence-electron chi connectivity index (χ1n) is 19.4. The lowest BCUT2D eigenvalue weighted by Crippen LogP contribution is -1.90. The van der Waals surface area contributed by atoms with E-state index in [1.54, 1.807) is 6.07 Å². The van der Waals surface area contributed by atoms with Gasteiger partial charge in [-0.1, -0.05) is 158 Å². The molecule has 0 radical (unpaired) electrons. The molecule has 1 heteroatoms. The molecule has 228 valence electrons. The zero-order valence-corrected chi connectivity index (χ0v) is 26.3. The predicted molar refractivity (Wildman–Crippen MR) is 208 cm³/mol. The van der Waals surface area contributed by atoms with Crippen LogP contribution >= 0.6 is 0 Å². The molecule has 0 bridgehead atoms. The van der Waals surface area contributed by atoms with E-state index in [2.05, 4.69) is 12.1 Å². The quantitative estimate of drug-likeness (QED) is 0.177. The molecule has 0 amide bonds. The lowest BCUT2D eigenvalue weighted by atomic mass is 9.85. The Kier molecular flexibility index (Phi) is 5.02. The number of hydrogen-bond donors (Lipinski definition) is 0. The van der Waals surface area contributed by atoms with Crippen molar-refractivity contribution in [1.29, 1.82) is 0 Å². The standard InChI is InChI=1S/C48H30O/c1-3-12-31(13-4-1)35-26-27-39-44-21-11-20-38(48(44)49-45(39)30-35)36-24-22-34-29-37(25-23-33(34)28-36)47-42-18-9-7-16-40(42)46(32-14-5-2-6-15-32)41-17-8-10-19-43(41)47/h1-30H/i22D,23D,24D,25D,28D,29D. The fourth-order valence-electron chi connectivity index (χ4n) is 7.25. The second-order valence-electron chi connectivity index (χ2n) is 12.3. The van der Waals surface area contributed by atoms with Crippen LogP contribution in [-0.2, 0) is 0 Å². The van der Waals surface area contributed by atoms with Crippen LogP contribution in [0.3, 0.4) is 0 Å². The van der Waals surface area contributed by atoms with Crippen molar-refractivity contribution in [2.75, 3.05) is 0 Å². The highest BCUT2D eigenvalue weighted by atomic mass is 16.3. The van der Waals surface area contributed by atoms with Gasteiger partial charge in [-0.3, -0.25) is 0 Å². The van der Waals surface area contributed by atoms with Crippen molar-refractivity contribution >= 4 is 54.3 Å². The molecule has 9 aromatic carbocycles. The molecule has 0 atom stereocenters. The van der Waals surface area contributed by atoms with Gasteiger partial charge in [0.15, 0.2) is 0 Å². The SMILES string of the molecule is [2H]c1c(-c2cccc3c2oc2cc(-c4ccccc4)ccc23)c([2H])c2c([2H])c([2H])c(-c3c4ccccc4c(-c4ccccc4)c4ccccc34)c([2H])c2c1[2H]. The maximum Gasteiger partial charge on any atom is 0.143 e. The monoisotopic (exact) mass is 628 g/mol. The number of fused-ring (bicyclic) bond motifs is 6. The number of furan rings is 1. The largest absolute Gasteiger partial charge is 0.455 e. The summed E-state index contributed by atoms with van der Waals surface area (Å²) in [5, 5.41) is 5.20. The Bertz CT molecular complexity index is 3150. The van der Waals surface area contributed by atoms with Crippen LogP contribution in [0.5, 0.6) is 0 Å². The Morgan fingerprint density at radius 3 is 1.55 bits per heavy atom. The average molecular weight is 629 g/mol. The molecule has 1 heterocycles. The molecule has 0 N–H and O–H groups in total. The maximum absolute atomic E-state index is 9.68. The summed E-state index contributed by atoms with van der Waals surface area (Å²) in [6.45, 7) is 0. The molecule has 1 aromatic heterocycles. The third-order valence-electron chi connectivity index (χ3n) is 9.49. The topological polar surface area (TPSA) is 13.1 Å². The van der Waals surface area contributed by atoms with Crippen LogP contribution in [0.25, 0.3) is 98.8 Å². The van der Waals surface area contributed by atoms with Crippen LogP contribution in [0.2, 0.25) is 0 Å². The number of hydrogen-bond acceptors (Lipinski definition) is 1. The van der Waals surface area contributed by atoms with Crippen LogP contribution in [-0.4, -0.2) is 0 Å². The molecule has 0 unspecified atom stereocenters. The van der Waals surface area contributed by atoms with E-state index < -0.39 is 0 Å². The van der Waals surface area contributed by atoms with Gasteiger partial charge in [0.2, 0.25) is 0 Å². The summed E-state index contributed by atoms with van der Waals surface area (Å²) >= 11 is 0. The van der Waals surface area contributed by atoms with Crippen LogP contribution in [0.15, 0.2) is 186 Å². The second kappa shape index (κ2) is 11.1. The van der Waals surface area contributed by atoms with Crippen molar-refractivity contribution in [2.24, 2.45) is 0 Å². The molecule has 0 aliphatic carbocycles. The second-order valence-corrected chi connectivity index (χ2v) is 12.3. The summed E-state index contributed by atoms with van der Waals surface area (Å²) in [4.78, 5) is 0. The van der Waals surface area contributed by atoms with Crippen molar-refractivity contribution in [3.63, 3.8) is 0 Å². The van der Waals surface area contributed by atoms with Crippen molar-refractivity contribution in [3.05, 3.63) is 182 Å². The highest BCUT2D eigenvalue weighted by molar-refractivity contribution is 6.21. The number of rotatable bonds is 4. The van der Waals surface area contributed by atoms with E-state index in [-0.39, 0.29) is 58.2 Å². The zero-order chi connectivity index (χ0) is 37.5. The van der Waals surface area contributed by atoms with Gasteiger partial charge in [-0.2, -0.15) is 0 Å². The molecule has 10 aromatic rings. The molecule has 0 saturated carbocycles. The van der Waals surface area contributed by atoms with E-state index >= 15 is 0 Å². The van der Waals surface area contributed by atoms with Crippen molar-refractivity contribution in [3.8, 4) is 44.5 Å². The summed E-state index contributed by atoms with van der Waals surface area (Å²) in [5.74, 6) is 0. The molecule has 0 spiro atoms. The molecule has 10 rings (SSSR count).